The molecule has 0 aliphatic carbocycles. The number of allylic oxidation sites excluding steroid dienone is 6. The van der Waals surface area contributed by atoms with Crippen LogP contribution in [0.4, 0.5) is 15.9 Å². The zero-order valence-electron chi connectivity index (χ0n) is 26.1. The highest BCUT2D eigenvalue weighted by Crippen LogP contribution is 2.30. The average molecular weight is 547 g/mol. The number of benzene rings is 1. The van der Waals surface area contributed by atoms with Gasteiger partial charge in [-0.05, 0) is 76.6 Å². The van der Waals surface area contributed by atoms with Gasteiger partial charge in [0.15, 0.2) is 0 Å². The summed E-state index contributed by atoms with van der Waals surface area (Å²) in [6.07, 6.45) is 11.8. The van der Waals surface area contributed by atoms with Gasteiger partial charge >= 0.3 is 0 Å². The maximum Gasteiger partial charge on any atom is 0.149 e. The van der Waals surface area contributed by atoms with E-state index < -0.39 is 0 Å². The van der Waals surface area contributed by atoms with E-state index in [0.29, 0.717) is 12.0 Å². The first-order chi connectivity index (χ1) is 19.2. The zero-order chi connectivity index (χ0) is 29.9. The van der Waals surface area contributed by atoms with Gasteiger partial charge in [0.2, 0.25) is 0 Å². The van der Waals surface area contributed by atoms with Gasteiger partial charge in [-0.3, -0.25) is 4.99 Å². The van der Waals surface area contributed by atoms with Crippen molar-refractivity contribution in [2.45, 2.75) is 87.5 Å². The second kappa shape index (κ2) is 19.6. The Hall–Kier alpha value is -3.47. The van der Waals surface area contributed by atoms with Crippen LogP contribution in [0.1, 0.15) is 92.2 Å². The maximum atomic E-state index is 14.8. The molecule has 0 amide bonds. The number of anilines is 2. The van der Waals surface area contributed by atoms with Crippen molar-refractivity contribution >= 4 is 23.3 Å². The Morgan fingerprint density at radius 2 is 1.65 bits per heavy atom. The van der Waals surface area contributed by atoms with Crippen molar-refractivity contribution in [3.8, 4) is 0 Å². The molecule has 5 heteroatoms. The van der Waals surface area contributed by atoms with Crippen LogP contribution in [0.3, 0.4) is 0 Å². The molecule has 218 valence electrons. The van der Waals surface area contributed by atoms with Crippen LogP contribution in [0.5, 0.6) is 0 Å². The molecule has 1 aromatic carbocycles. The smallest absolute Gasteiger partial charge is 0.149 e. The Bertz CT molecular complexity index is 1130. The molecule has 0 aliphatic rings. The van der Waals surface area contributed by atoms with Gasteiger partial charge in [-0.25, -0.2) is 9.37 Å². The fourth-order valence-corrected chi connectivity index (χ4v) is 4.20. The van der Waals surface area contributed by atoms with Crippen LogP contribution in [0, 0.1) is 0 Å². The van der Waals surface area contributed by atoms with Crippen molar-refractivity contribution in [3.63, 3.8) is 0 Å². The summed E-state index contributed by atoms with van der Waals surface area (Å²) in [5.74, 6) is 0.466. The first-order valence-electron chi connectivity index (χ1n) is 14.6. The summed E-state index contributed by atoms with van der Waals surface area (Å²) in [6.45, 7) is 22.8. The summed E-state index contributed by atoms with van der Waals surface area (Å²) in [5, 5.41) is 3.31. The quantitative estimate of drug-likeness (QED) is 0.146. The Balaban J connectivity index is 0.00000120. The summed E-state index contributed by atoms with van der Waals surface area (Å²) < 4.78 is 14.8. The van der Waals surface area contributed by atoms with Crippen molar-refractivity contribution in [2.75, 3.05) is 23.3 Å². The van der Waals surface area contributed by atoms with Gasteiger partial charge in [0, 0.05) is 37.0 Å². The normalized spacial score (nSPS) is 11.9. The topological polar surface area (TPSA) is 40.5 Å². The van der Waals surface area contributed by atoms with Gasteiger partial charge in [-0.15, -0.1) is 0 Å². The molecule has 0 saturated carbocycles. The number of nitrogens with zero attached hydrogens (tertiary/aromatic N) is 3. The molecule has 2 rings (SSSR count). The minimum atomic E-state index is -0.317. The molecule has 0 spiro atoms. The molecule has 0 radical (unpaired) electrons. The molecule has 1 heterocycles. The molecular weight excluding hydrogens is 495 g/mol. The van der Waals surface area contributed by atoms with Crippen LogP contribution in [0.2, 0.25) is 0 Å². The Kier molecular flexibility index (Phi) is 16.9. The lowest BCUT2D eigenvalue weighted by Gasteiger charge is -2.23. The summed E-state index contributed by atoms with van der Waals surface area (Å²) in [4.78, 5) is 10.9. The molecule has 0 bridgehead atoms. The van der Waals surface area contributed by atoms with Gasteiger partial charge < -0.3 is 10.2 Å². The second-order valence-electron chi connectivity index (χ2n) is 10.1. The van der Waals surface area contributed by atoms with Crippen molar-refractivity contribution in [3.05, 3.63) is 95.2 Å². The summed E-state index contributed by atoms with van der Waals surface area (Å²) in [5.41, 5.74) is 6.97. The van der Waals surface area contributed by atoms with Gasteiger partial charge in [0.25, 0.3) is 0 Å². The summed E-state index contributed by atoms with van der Waals surface area (Å²) in [6, 6.07) is 12.1. The van der Waals surface area contributed by atoms with Crippen molar-refractivity contribution < 1.29 is 4.39 Å². The van der Waals surface area contributed by atoms with Crippen LogP contribution < -0.4 is 10.2 Å². The lowest BCUT2D eigenvalue weighted by molar-refractivity contribution is 0.668. The van der Waals surface area contributed by atoms with Crippen molar-refractivity contribution in [1.82, 2.24) is 4.98 Å². The minimum absolute atomic E-state index is 0.317. The minimum Gasteiger partial charge on any atom is -0.370 e. The first-order valence-corrected chi connectivity index (χ1v) is 14.6. The van der Waals surface area contributed by atoms with E-state index in [4.69, 9.17) is 0 Å². The number of hydrogen-bond acceptors (Lipinski definition) is 4. The maximum absolute atomic E-state index is 14.8. The molecule has 0 atom stereocenters. The molecular formula is C35H51FN4. The van der Waals surface area contributed by atoms with Gasteiger partial charge in [-0.1, -0.05) is 75.8 Å². The second-order valence-corrected chi connectivity index (χ2v) is 10.1. The van der Waals surface area contributed by atoms with Gasteiger partial charge in [0.1, 0.15) is 11.6 Å². The third-order valence-electron chi connectivity index (χ3n) is 6.21. The Labute approximate surface area is 243 Å². The number of hydrogen-bond donors (Lipinski definition) is 1. The van der Waals surface area contributed by atoms with Crippen molar-refractivity contribution in [1.29, 1.82) is 0 Å². The number of halogens is 1. The number of pyridine rings is 1. The lowest BCUT2D eigenvalue weighted by atomic mass is 9.96. The molecule has 0 saturated heterocycles. The van der Waals surface area contributed by atoms with E-state index in [1.807, 2.05) is 50.4 Å². The zero-order valence-corrected chi connectivity index (χ0v) is 26.1. The summed E-state index contributed by atoms with van der Waals surface area (Å²) in [7, 11) is 0. The standard InChI is InChI=1S/C29H39FN4.C6H12/c1-7-17-34(18-8-2)26-15-16-28(32-20-26)33-23(6)19-24-11-13-25(14-12-24)29(22(5)9-3)27(30)21-31-10-4;1-4-5-6(2)3/h10-16,20-21H,6-9,17-19H2,1-5H3,(H,32,33);5H,4H2,1-3H3/b27-21+,29-22+,31-10?;. The van der Waals surface area contributed by atoms with E-state index in [1.165, 1.54) is 18.2 Å². The Morgan fingerprint density at radius 1 is 1.00 bits per heavy atom. The van der Waals surface area contributed by atoms with Crippen LogP contribution in [-0.2, 0) is 6.42 Å². The average Bonchev–Trinajstić information content (AvgIpc) is 2.93. The third kappa shape index (κ3) is 12.6. The number of aliphatic imine (C=N–C) groups is 1. The van der Waals surface area contributed by atoms with Crippen LogP contribution in [0.25, 0.3) is 5.57 Å². The molecule has 2 aromatic rings. The van der Waals surface area contributed by atoms with E-state index in [2.05, 4.69) is 73.5 Å². The lowest BCUT2D eigenvalue weighted by Crippen LogP contribution is -2.24. The van der Waals surface area contributed by atoms with Gasteiger partial charge in [0.05, 0.1) is 18.1 Å². The Morgan fingerprint density at radius 3 is 2.10 bits per heavy atom. The van der Waals surface area contributed by atoms with Gasteiger partial charge in [-0.2, -0.15) is 0 Å². The van der Waals surface area contributed by atoms with E-state index in [1.54, 1.807) is 13.1 Å². The molecule has 0 fully saturated rings. The number of rotatable bonds is 14. The molecule has 40 heavy (non-hydrogen) atoms. The van der Waals surface area contributed by atoms with E-state index in [-0.39, 0.29) is 5.83 Å². The molecule has 0 aliphatic heterocycles. The first kappa shape index (κ1) is 34.6. The molecule has 4 nitrogen and oxygen atoms in total. The third-order valence-corrected chi connectivity index (χ3v) is 6.21. The largest absolute Gasteiger partial charge is 0.370 e. The number of aromatic nitrogens is 1. The van der Waals surface area contributed by atoms with Crippen LogP contribution in [-0.4, -0.2) is 24.3 Å². The molecule has 0 unspecified atom stereocenters. The fraction of sp³-hybridized carbons (Fsp3) is 0.429. The van der Waals surface area contributed by atoms with Crippen LogP contribution in [0.15, 0.2) is 89.1 Å². The van der Waals surface area contributed by atoms with Crippen LogP contribution >= 0.6 is 0 Å². The monoisotopic (exact) mass is 546 g/mol. The van der Waals surface area contributed by atoms with E-state index in [0.717, 1.165) is 66.3 Å². The molecule has 1 aromatic heterocycles. The fourth-order valence-electron chi connectivity index (χ4n) is 4.20. The molecule has 1 N–H and O–H groups in total. The highest BCUT2D eigenvalue weighted by molar-refractivity contribution is 5.79. The predicted molar refractivity (Wildman–Crippen MR) is 176 cm³/mol. The SMILES string of the molecule is C=C(Cc1ccc(C(/C(F)=C\N=CC)=C(/C)CC)cc1)Nc1ccc(N(CCC)CCC)cn1.CCC=C(C)C. The highest BCUT2D eigenvalue weighted by Gasteiger charge is 2.12. The summed E-state index contributed by atoms with van der Waals surface area (Å²) >= 11 is 0. The van der Waals surface area contributed by atoms with E-state index >= 15 is 0 Å². The predicted octanol–water partition coefficient (Wildman–Crippen LogP) is 10.3. The highest BCUT2D eigenvalue weighted by atomic mass is 19.1. The number of nitrogens with one attached hydrogen (secondary N) is 1. The van der Waals surface area contributed by atoms with Crippen molar-refractivity contribution in [2.24, 2.45) is 4.99 Å². The van der Waals surface area contributed by atoms with E-state index in [9.17, 15) is 4.39 Å².